The minimum atomic E-state index is -0.352. The number of amides is 1. The molecule has 2 N–H and O–H groups in total. The van der Waals surface area contributed by atoms with E-state index in [1.807, 2.05) is 73.7 Å². The largest absolute Gasteiger partial charge is 0.497 e. The fraction of sp³-hybridized carbons (Fsp3) is 0.125. The third-order valence-corrected chi connectivity index (χ3v) is 4.87. The molecule has 32 heavy (non-hydrogen) atoms. The van der Waals surface area contributed by atoms with Gasteiger partial charge < -0.3 is 19.2 Å². The first-order valence-electron chi connectivity index (χ1n) is 9.86. The van der Waals surface area contributed by atoms with Crippen LogP contribution in [-0.4, -0.2) is 29.7 Å². The molecule has 1 aromatic heterocycles. The number of thiocarbonyl (C=S) groups is 1. The van der Waals surface area contributed by atoms with Gasteiger partial charge in [-0.05, 0) is 61.1 Å². The fourth-order valence-electron chi connectivity index (χ4n) is 3.07. The highest BCUT2D eigenvalue weighted by Gasteiger charge is 2.11. The van der Waals surface area contributed by atoms with E-state index in [2.05, 4.69) is 15.6 Å². The zero-order chi connectivity index (χ0) is 22.5. The van der Waals surface area contributed by atoms with Gasteiger partial charge in [0.05, 0.1) is 7.11 Å². The number of carbonyl (C=O) groups is 1. The van der Waals surface area contributed by atoms with Crippen LogP contribution in [0.25, 0.3) is 22.6 Å². The van der Waals surface area contributed by atoms with Crippen molar-refractivity contribution in [2.45, 2.75) is 6.92 Å². The topological polar surface area (TPSA) is 85.6 Å². The molecule has 1 heterocycles. The van der Waals surface area contributed by atoms with Crippen LogP contribution in [0, 0.1) is 6.92 Å². The zero-order valence-electron chi connectivity index (χ0n) is 17.5. The first-order chi connectivity index (χ1) is 15.5. The number of anilines is 1. The summed E-state index contributed by atoms with van der Waals surface area (Å²) in [6.45, 7) is 1.78. The monoisotopic (exact) mass is 447 g/mol. The first kappa shape index (κ1) is 21.3. The Balaban J connectivity index is 1.38. The molecule has 8 heteroatoms. The summed E-state index contributed by atoms with van der Waals surface area (Å²) in [4.78, 5) is 16.7. The van der Waals surface area contributed by atoms with Crippen molar-refractivity contribution < 1.29 is 18.7 Å². The number of methoxy groups -OCH3 is 1. The van der Waals surface area contributed by atoms with Gasteiger partial charge in [0.15, 0.2) is 17.3 Å². The second-order valence-corrected chi connectivity index (χ2v) is 7.40. The lowest BCUT2D eigenvalue weighted by molar-refractivity contribution is -0.121. The lowest BCUT2D eigenvalue weighted by atomic mass is 10.2. The molecular weight excluding hydrogens is 426 g/mol. The minimum absolute atomic E-state index is 0.140. The van der Waals surface area contributed by atoms with Crippen molar-refractivity contribution in [3.63, 3.8) is 0 Å². The molecule has 0 saturated heterocycles. The van der Waals surface area contributed by atoms with Gasteiger partial charge in [-0.2, -0.15) is 0 Å². The highest BCUT2D eigenvalue weighted by Crippen LogP contribution is 2.28. The van der Waals surface area contributed by atoms with Crippen LogP contribution in [-0.2, 0) is 4.79 Å². The Kier molecular flexibility index (Phi) is 6.32. The van der Waals surface area contributed by atoms with Gasteiger partial charge in [0.1, 0.15) is 17.0 Å². The molecule has 162 valence electrons. The maximum absolute atomic E-state index is 12.2. The standard InChI is InChI=1S/C24H21N3O4S/c1-15-6-3-4-9-20(15)30-14-22(28)27-24(32)25-17-8-5-7-16(12-17)23-26-19-13-18(29-2)10-11-21(19)31-23/h3-13H,14H2,1-2H3,(H2,25,27,28,32). The van der Waals surface area contributed by atoms with Gasteiger partial charge in [0.25, 0.3) is 5.91 Å². The molecule has 0 aliphatic heterocycles. The van der Waals surface area contributed by atoms with Crippen molar-refractivity contribution in [3.05, 3.63) is 72.3 Å². The van der Waals surface area contributed by atoms with Crippen LogP contribution in [0.3, 0.4) is 0 Å². The summed E-state index contributed by atoms with van der Waals surface area (Å²) in [7, 11) is 1.60. The van der Waals surface area contributed by atoms with E-state index in [4.69, 9.17) is 26.1 Å². The van der Waals surface area contributed by atoms with E-state index < -0.39 is 0 Å². The van der Waals surface area contributed by atoms with Crippen LogP contribution in [0.2, 0.25) is 0 Å². The van der Waals surface area contributed by atoms with Crippen LogP contribution in [0.5, 0.6) is 11.5 Å². The van der Waals surface area contributed by atoms with Gasteiger partial charge in [0, 0.05) is 17.3 Å². The number of fused-ring (bicyclic) bond motifs is 1. The molecule has 0 atom stereocenters. The van der Waals surface area contributed by atoms with Gasteiger partial charge in [-0.25, -0.2) is 4.98 Å². The molecule has 4 rings (SSSR count). The SMILES string of the molecule is COc1ccc2oc(-c3cccc(NC(=S)NC(=O)COc4ccccc4C)c3)nc2c1. The second-order valence-electron chi connectivity index (χ2n) is 6.99. The van der Waals surface area contributed by atoms with E-state index in [0.717, 1.165) is 11.1 Å². The van der Waals surface area contributed by atoms with Crippen LogP contribution in [0.1, 0.15) is 5.56 Å². The van der Waals surface area contributed by atoms with E-state index in [1.54, 1.807) is 7.11 Å². The number of benzene rings is 3. The van der Waals surface area contributed by atoms with Crippen LogP contribution in [0.4, 0.5) is 5.69 Å². The fourth-order valence-corrected chi connectivity index (χ4v) is 3.31. The minimum Gasteiger partial charge on any atom is -0.497 e. The highest BCUT2D eigenvalue weighted by atomic mass is 32.1. The van der Waals surface area contributed by atoms with Crippen LogP contribution in [0.15, 0.2) is 71.1 Å². The summed E-state index contributed by atoms with van der Waals surface area (Å²) in [5.41, 5.74) is 3.77. The summed E-state index contributed by atoms with van der Waals surface area (Å²) in [6, 6.07) is 20.3. The zero-order valence-corrected chi connectivity index (χ0v) is 18.4. The summed E-state index contributed by atoms with van der Waals surface area (Å²) < 4.78 is 16.6. The number of nitrogens with zero attached hydrogens (tertiary/aromatic N) is 1. The molecule has 0 radical (unpaired) electrons. The molecule has 0 fully saturated rings. The number of rotatable bonds is 6. The van der Waals surface area contributed by atoms with Gasteiger partial charge in [0.2, 0.25) is 5.89 Å². The number of ether oxygens (including phenoxy) is 2. The average Bonchev–Trinajstić information content (AvgIpc) is 3.22. The lowest BCUT2D eigenvalue weighted by Crippen LogP contribution is -2.37. The molecule has 0 bridgehead atoms. The normalized spacial score (nSPS) is 10.6. The molecule has 3 aromatic carbocycles. The van der Waals surface area contributed by atoms with Crippen molar-refractivity contribution in [2.75, 3.05) is 19.0 Å². The third kappa shape index (κ3) is 5.04. The maximum atomic E-state index is 12.2. The van der Waals surface area contributed by atoms with Gasteiger partial charge in [-0.15, -0.1) is 0 Å². The molecule has 0 spiro atoms. The van der Waals surface area contributed by atoms with Crippen molar-refractivity contribution in [1.82, 2.24) is 10.3 Å². The number of hydrogen-bond donors (Lipinski definition) is 2. The Morgan fingerprint density at radius 3 is 2.75 bits per heavy atom. The van der Waals surface area contributed by atoms with E-state index in [9.17, 15) is 4.79 Å². The van der Waals surface area contributed by atoms with Crippen molar-refractivity contribution in [1.29, 1.82) is 0 Å². The number of aryl methyl sites for hydroxylation is 1. The highest BCUT2D eigenvalue weighted by molar-refractivity contribution is 7.80. The molecule has 0 aliphatic rings. The Hall–Kier alpha value is -3.91. The molecule has 0 unspecified atom stereocenters. The second kappa shape index (κ2) is 9.49. The number of para-hydroxylation sites is 1. The van der Waals surface area contributed by atoms with Crippen LogP contribution >= 0.6 is 12.2 Å². The van der Waals surface area contributed by atoms with E-state index in [-0.39, 0.29) is 17.6 Å². The van der Waals surface area contributed by atoms with Gasteiger partial charge in [-0.1, -0.05) is 24.3 Å². The molecule has 0 aliphatic carbocycles. The Labute approximate surface area is 190 Å². The number of carbonyl (C=O) groups excluding carboxylic acids is 1. The van der Waals surface area contributed by atoms with E-state index >= 15 is 0 Å². The molecule has 7 nitrogen and oxygen atoms in total. The first-order valence-corrected chi connectivity index (χ1v) is 10.3. The maximum Gasteiger partial charge on any atom is 0.264 e. The summed E-state index contributed by atoms with van der Waals surface area (Å²) >= 11 is 5.26. The molecule has 0 saturated carbocycles. The Morgan fingerprint density at radius 2 is 1.94 bits per heavy atom. The molecular formula is C24H21N3O4S. The van der Waals surface area contributed by atoms with E-state index in [0.29, 0.717) is 34.2 Å². The summed E-state index contributed by atoms with van der Waals surface area (Å²) in [5, 5.41) is 5.78. The van der Waals surface area contributed by atoms with Crippen molar-refractivity contribution >= 4 is 40.0 Å². The number of nitrogens with one attached hydrogen (secondary N) is 2. The van der Waals surface area contributed by atoms with Gasteiger partial charge >= 0.3 is 0 Å². The van der Waals surface area contributed by atoms with Crippen LogP contribution < -0.4 is 20.1 Å². The van der Waals surface area contributed by atoms with E-state index in [1.165, 1.54) is 0 Å². The lowest BCUT2D eigenvalue weighted by Gasteiger charge is -2.11. The molecule has 4 aromatic rings. The number of aromatic nitrogens is 1. The average molecular weight is 448 g/mol. The number of oxazole rings is 1. The van der Waals surface area contributed by atoms with Crippen molar-refractivity contribution in [2.24, 2.45) is 0 Å². The van der Waals surface area contributed by atoms with Gasteiger partial charge in [-0.3, -0.25) is 10.1 Å². The Bertz CT molecular complexity index is 1290. The molecule has 1 amide bonds. The quantitative estimate of drug-likeness (QED) is 0.414. The summed E-state index contributed by atoms with van der Waals surface area (Å²) in [5.74, 6) is 1.48. The number of hydrogen-bond acceptors (Lipinski definition) is 6. The Morgan fingerprint density at radius 1 is 1.09 bits per heavy atom. The predicted molar refractivity (Wildman–Crippen MR) is 127 cm³/mol. The summed E-state index contributed by atoms with van der Waals surface area (Å²) in [6.07, 6.45) is 0. The smallest absolute Gasteiger partial charge is 0.264 e. The predicted octanol–water partition coefficient (Wildman–Crippen LogP) is 4.70. The van der Waals surface area contributed by atoms with Crippen molar-refractivity contribution in [3.8, 4) is 23.0 Å². The third-order valence-electron chi connectivity index (χ3n) is 4.67.